The fourth-order valence-electron chi connectivity index (χ4n) is 2.35. The average molecular weight is 350 g/mol. The summed E-state index contributed by atoms with van der Waals surface area (Å²) in [5, 5.41) is 9.70. The molecule has 0 aliphatic rings. The number of hydrogen-bond acceptors (Lipinski definition) is 4. The summed E-state index contributed by atoms with van der Waals surface area (Å²) in [5.41, 5.74) is 2.67. The molecule has 3 aromatic rings. The molecule has 26 heavy (non-hydrogen) atoms. The maximum atomic E-state index is 12.1. The lowest BCUT2D eigenvalue weighted by Gasteiger charge is -2.09. The Morgan fingerprint density at radius 3 is 2.04 bits per heavy atom. The van der Waals surface area contributed by atoms with E-state index < -0.39 is 0 Å². The molecule has 0 unspecified atom stereocenters. The molecule has 132 valence electrons. The summed E-state index contributed by atoms with van der Waals surface area (Å²) in [6, 6.07) is 17.0. The molecule has 0 radical (unpaired) electrons. The number of methoxy groups -OCH3 is 1. The van der Waals surface area contributed by atoms with Crippen LogP contribution in [-0.4, -0.2) is 22.9 Å². The first kappa shape index (κ1) is 17.2. The van der Waals surface area contributed by atoms with Gasteiger partial charge in [-0.1, -0.05) is 12.1 Å². The van der Waals surface area contributed by atoms with Crippen LogP contribution in [0.4, 0.5) is 16.2 Å². The van der Waals surface area contributed by atoms with Gasteiger partial charge in [0.2, 0.25) is 0 Å². The van der Waals surface area contributed by atoms with Gasteiger partial charge in [0, 0.05) is 30.1 Å². The van der Waals surface area contributed by atoms with Crippen molar-refractivity contribution in [1.82, 2.24) is 9.78 Å². The zero-order valence-corrected chi connectivity index (χ0v) is 14.4. The van der Waals surface area contributed by atoms with E-state index in [1.54, 1.807) is 56.6 Å². The number of nitrogens with zero attached hydrogens (tertiary/aromatic N) is 2. The molecule has 0 fully saturated rings. The van der Waals surface area contributed by atoms with Gasteiger partial charge in [-0.15, -0.1) is 0 Å². The number of urea groups is 1. The first-order valence-electron chi connectivity index (χ1n) is 7.92. The summed E-state index contributed by atoms with van der Waals surface area (Å²) >= 11 is 0. The maximum absolute atomic E-state index is 12.1. The Kier molecular flexibility index (Phi) is 4.98. The van der Waals surface area contributed by atoms with Crippen LogP contribution in [0.1, 0.15) is 0 Å². The van der Waals surface area contributed by atoms with Crippen LogP contribution in [0, 0.1) is 0 Å². The number of carbonyl (C=O) groups excluding carboxylic acids is 1. The summed E-state index contributed by atoms with van der Waals surface area (Å²) in [7, 11) is 3.19. The number of amides is 2. The maximum Gasteiger partial charge on any atom is 0.323 e. The predicted octanol–water partition coefficient (Wildman–Crippen LogP) is 3.10. The van der Waals surface area contributed by atoms with Crippen LogP contribution in [0.5, 0.6) is 5.75 Å². The first-order chi connectivity index (χ1) is 12.5. The van der Waals surface area contributed by atoms with Crippen LogP contribution in [0.15, 0.2) is 65.5 Å². The quantitative estimate of drug-likeness (QED) is 0.757. The van der Waals surface area contributed by atoms with E-state index in [4.69, 9.17) is 4.74 Å². The fraction of sp³-hybridized carbons (Fsp3) is 0.105. The van der Waals surface area contributed by atoms with Gasteiger partial charge in [-0.3, -0.25) is 4.79 Å². The summed E-state index contributed by atoms with van der Waals surface area (Å²) in [4.78, 5) is 23.5. The summed E-state index contributed by atoms with van der Waals surface area (Å²) in [5.74, 6) is 0.721. The smallest absolute Gasteiger partial charge is 0.323 e. The van der Waals surface area contributed by atoms with Crippen molar-refractivity contribution in [3.05, 3.63) is 71.0 Å². The lowest BCUT2D eigenvalue weighted by molar-refractivity contribution is 0.262. The molecule has 2 N–H and O–H groups in total. The molecule has 2 amide bonds. The number of hydrogen-bond donors (Lipinski definition) is 2. The molecular weight excluding hydrogens is 332 g/mol. The summed E-state index contributed by atoms with van der Waals surface area (Å²) < 4.78 is 6.36. The van der Waals surface area contributed by atoms with E-state index in [9.17, 15) is 9.59 Å². The third-order valence-electron chi connectivity index (χ3n) is 3.75. The monoisotopic (exact) mass is 350 g/mol. The molecule has 1 heterocycles. The predicted molar refractivity (Wildman–Crippen MR) is 101 cm³/mol. The number of aryl methyl sites for hydroxylation is 1. The molecule has 0 aliphatic carbocycles. The lowest BCUT2D eigenvalue weighted by Crippen LogP contribution is -2.19. The standard InChI is InChI=1S/C19H18N4O3/c1-23-18(24)12-11-17(22-23)13-3-5-14(6-4-13)20-19(25)21-15-7-9-16(26-2)10-8-15/h3-12H,1-2H3,(H2,20,21,25). The molecule has 1 aromatic heterocycles. The number of ether oxygens (including phenoxy) is 1. The van der Waals surface area contributed by atoms with Crippen molar-refractivity contribution in [3.63, 3.8) is 0 Å². The SMILES string of the molecule is COc1ccc(NC(=O)Nc2ccc(-c3ccc(=O)n(C)n3)cc2)cc1. The topological polar surface area (TPSA) is 85.3 Å². The van der Waals surface area contributed by atoms with Crippen LogP contribution >= 0.6 is 0 Å². The van der Waals surface area contributed by atoms with E-state index in [1.165, 1.54) is 10.7 Å². The number of nitrogens with one attached hydrogen (secondary N) is 2. The van der Waals surface area contributed by atoms with Gasteiger partial charge in [0.05, 0.1) is 12.8 Å². The molecule has 0 spiro atoms. The first-order valence-corrected chi connectivity index (χ1v) is 7.92. The third kappa shape index (κ3) is 4.07. The Balaban J connectivity index is 1.65. The van der Waals surface area contributed by atoms with Gasteiger partial charge < -0.3 is 15.4 Å². The van der Waals surface area contributed by atoms with Gasteiger partial charge >= 0.3 is 6.03 Å². The molecule has 2 aromatic carbocycles. The van der Waals surface area contributed by atoms with Crippen molar-refractivity contribution in [2.75, 3.05) is 17.7 Å². The largest absolute Gasteiger partial charge is 0.497 e. The highest BCUT2D eigenvalue weighted by atomic mass is 16.5. The number of carbonyl (C=O) groups is 1. The van der Waals surface area contributed by atoms with E-state index >= 15 is 0 Å². The fourth-order valence-corrected chi connectivity index (χ4v) is 2.35. The normalized spacial score (nSPS) is 10.2. The van der Waals surface area contributed by atoms with E-state index in [1.807, 2.05) is 12.1 Å². The number of aromatic nitrogens is 2. The highest BCUT2D eigenvalue weighted by Crippen LogP contribution is 2.19. The van der Waals surface area contributed by atoms with E-state index in [0.29, 0.717) is 17.1 Å². The molecule has 0 bridgehead atoms. The number of anilines is 2. The molecule has 7 nitrogen and oxygen atoms in total. The van der Waals surface area contributed by atoms with Crippen LogP contribution in [0.3, 0.4) is 0 Å². The second-order valence-electron chi connectivity index (χ2n) is 5.57. The zero-order valence-electron chi connectivity index (χ0n) is 14.4. The highest BCUT2D eigenvalue weighted by molar-refractivity contribution is 5.99. The zero-order chi connectivity index (χ0) is 18.5. The van der Waals surface area contributed by atoms with Crippen molar-refractivity contribution >= 4 is 17.4 Å². The minimum atomic E-state index is -0.344. The highest BCUT2D eigenvalue weighted by Gasteiger charge is 2.05. The van der Waals surface area contributed by atoms with Crippen molar-refractivity contribution < 1.29 is 9.53 Å². The van der Waals surface area contributed by atoms with Crippen molar-refractivity contribution in [2.45, 2.75) is 0 Å². The summed E-state index contributed by atoms with van der Waals surface area (Å²) in [6.45, 7) is 0. The van der Waals surface area contributed by atoms with Crippen LogP contribution in [0.2, 0.25) is 0 Å². The van der Waals surface area contributed by atoms with Crippen LogP contribution in [0.25, 0.3) is 11.3 Å². The van der Waals surface area contributed by atoms with Gasteiger partial charge in [-0.05, 0) is 42.5 Å². The minimum absolute atomic E-state index is 0.165. The molecule has 0 saturated carbocycles. The summed E-state index contributed by atoms with van der Waals surface area (Å²) in [6.07, 6.45) is 0. The second-order valence-corrected chi connectivity index (χ2v) is 5.57. The minimum Gasteiger partial charge on any atom is -0.497 e. The lowest BCUT2D eigenvalue weighted by atomic mass is 10.1. The molecule has 7 heteroatoms. The van der Waals surface area contributed by atoms with E-state index in [-0.39, 0.29) is 11.6 Å². The van der Waals surface area contributed by atoms with Gasteiger partial charge in [0.1, 0.15) is 5.75 Å². The van der Waals surface area contributed by atoms with Crippen LogP contribution in [-0.2, 0) is 7.05 Å². The number of benzene rings is 2. The van der Waals surface area contributed by atoms with Gasteiger partial charge in [-0.2, -0.15) is 5.10 Å². The second kappa shape index (κ2) is 7.52. The van der Waals surface area contributed by atoms with Crippen molar-refractivity contribution in [1.29, 1.82) is 0 Å². The van der Waals surface area contributed by atoms with Crippen molar-refractivity contribution in [3.8, 4) is 17.0 Å². The molecule has 3 rings (SSSR count). The van der Waals surface area contributed by atoms with Gasteiger partial charge in [0.25, 0.3) is 5.56 Å². The van der Waals surface area contributed by atoms with Gasteiger partial charge in [0.15, 0.2) is 0 Å². The van der Waals surface area contributed by atoms with Gasteiger partial charge in [-0.25, -0.2) is 9.48 Å². The van der Waals surface area contributed by atoms with Crippen LogP contribution < -0.4 is 20.9 Å². The molecule has 0 atom stereocenters. The Labute approximate surface area is 150 Å². The average Bonchev–Trinajstić information content (AvgIpc) is 2.65. The van der Waals surface area contributed by atoms with E-state index in [2.05, 4.69) is 15.7 Å². The van der Waals surface area contributed by atoms with Crippen molar-refractivity contribution in [2.24, 2.45) is 7.05 Å². The molecule has 0 saturated heterocycles. The molecule has 0 aliphatic heterocycles. The third-order valence-corrected chi connectivity index (χ3v) is 3.75. The Bertz CT molecular complexity index is 963. The Hall–Kier alpha value is -3.61. The molecular formula is C19H18N4O3. The number of rotatable bonds is 4. The Morgan fingerprint density at radius 1 is 0.923 bits per heavy atom. The van der Waals surface area contributed by atoms with E-state index in [0.717, 1.165) is 11.3 Å². The Morgan fingerprint density at radius 2 is 1.50 bits per heavy atom.